The molecule has 0 unspecified atom stereocenters. The minimum atomic E-state index is 0.0524. The van der Waals surface area contributed by atoms with E-state index in [9.17, 15) is 4.79 Å². The quantitative estimate of drug-likeness (QED) is 0.682. The van der Waals surface area contributed by atoms with Crippen molar-refractivity contribution in [2.45, 2.75) is 6.54 Å². The highest BCUT2D eigenvalue weighted by Gasteiger charge is 2.24. The molecule has 3 heterocycles. The number of thiazole rings is 1. The summed E-state index contributed by atoms with van der Waals surface area (Å²) in [7, 11) is 0. The number of piperazine rings is 1. The van der Waals surface area contributed by atoms with Crippen molar-refractivity contribution in [1.29, 1.82) is 0 Å². The Kier molecular flexibility index (Phi) is 4.62. The summed E-state index contributed by atoms with van der Waals surface area (Å²) in [4.78, 5) is 21.9. The highest BCUT2D eigenvalue weighted by molar-refractivity contribution is 7.18. The summed E-state index contributed by atoms with van der Waals surface area (Å²) in [5, 5.41) is 1.13. The number of aromatic nitrogens is 1. The van der Waals surface area contributed by atoms with Crippen molar-refractivity contribution in [2.75, 3.05) is 39.4 Å². The summed E-state index contributed by atoms with van der Waals surface area (Å²) in [6, 6.07) is 13.7. The van der Waals surface area contributed by atoms with Gasteiger partial charge in [0.1, 0.15) is 18.2 Å². The maximum absolute atomic E-state index is 12.9. The third-order valence-electron chi connectivity index (χ3n) is 5.15. The molecule has 28 heavy (non-hydrogen) atoms. The SMILES string of the molecule is O=C(c1ccc2c(c1)OCCO2)N1CCN(Cc2nc3ccccc3s2)CC1. The Morgan fingerprint density at radius 2 is 1.79 bits per heavy atom. The van der Waals surface area contributed by atoms with Gasteiger partial charge in [0.25, 0.3) is 5.91 Å². The molecule has 1 saturated heterocycles. The van der Waals surface area contributed by atoms with Crippen LogP contribution < -0.4 is 9.47 Å². The van der Waals surface area contributed by atoms with E-state index >= 15 is 0 Å². The van der Waals surface area contributed by atoms with Gasteiger partial charge in [-0.3, -0.25) is 9.69 Å². The fourth-order valence-corrected chi connectivity index (χ4v) is 4.66. The molecule has 1 fully saturated rings. The molecule has 3 aromatic rings. The Balaban J connectivity index is 1.21. The van der Waals surface area contributed by atoms with Gasteiger partial charge in [-0.1, -0.05) is 12.1 Å². The first-order valence-electron chi connectivity index (χ1n) is 9.52. The molecule has 5 rings (SSSR count). The molecule has 2 aliphatic rings. The normalized spacial score (nSPS) is 17.1. The zero-order valence-electron chi connectivity index (χ0n) is 15.5. The maximum Gasteiger partial charge on any atom is 0.254 e. The van der Waals surface area contributed by atoms with Crippen LogP contribution in [-0.2, 0) is 6.54 Å². The van der Waals surface area contributed by atoms with E-state index in [1.54, 1.807) is 17.4 Å². The van der Waals surface area contributed by atoms with E-state index in [1.165, 1.54) is 4.70 Å². The van der Waals surface area contributed by atoms with Crippen LogP contribution in [-0.4, -0.2) is 60.1 Å². The van der Waals surface area contributed by atoms with Gasteiger partial charge in [0, 0.05) is 31.7 Å². The Bertz CT molecular complexity index is 978. The van der Waals surface area contributed by atoms with Crippen molar-refractivity contribution in [3.05, 3.63) is 53.0 Å². The summed E-state index contributed by atoms with van der Waals surface area (Å²) in [5.74, 6) is 1.42. The molecule has 7 heteroatoms. The fraction of sp³-hybridized carbons (Fsp3) is 0.333. The van der Waals surface area contributed by atoms with Crippen molar-refractivity contribution < 1.29 is 14.3 Å². The Morgan fingerprint density at radius 3 is 2.61 bits per heavy atom. The molecule has 0 saturated carbocycles. The van der Waals surface area contributed by atoms with Gasteiger partial charge in [0.2, 0.25) is 0 Å². The predicted molar refractivity (Wildman–Crippen MR) is 108 cm³/mol. The smallest absolute Gasteiger partial charge is 0.254 e. The second-order valence-electron chi connectivity index (χ2n) is 7.00. The number of rotatable bonds is 3. The lowest BCUT2D eigenvalue weighted by molar-refractivity contribution is 0.0627. The number of benzene rings is 2. The summed E-state index contributed by atoms with van der Waals surface area (Å²) >= 11 is 1.75. The van der Waals surface area contributed by atoms with E-state index in [4.69, 9.17) is 14.5 Å². The molecule has 0 N–H and O–H groups in total. The molecule has 2 aliphatic heterocycles. The molecular weight excluding hydrogens is 374 g/mol. The van der Waals surface area contributed by atoms with Crippen molar-refractivity contribution in [3.63, 3.8) is 0 Å². The lowest BCUT2D eigenvalue weighted by Gasteiger charge is -2.34. The molecule has 0 aliphatic carbocycles. The molecule has 0 bridgehead atoms. The Morgan fingerprint density at radius 1 is 1.00 bits per heavy atom. The van der Waals surface area contributed by atoms with Crippen molar-refractivity contribution >= 4 is 27.5 Å². The molecule has 2 aromatic carbocycles. The van der Waals surface area contributed by atoms with E-state index in [1.807, 2.05) is 29.2 Å². The van der Waals surface area contributed by atoms with Gasteiger partial charge >= 0.3 is 0 Å². The number of hydrogen-bond acceptors (Lipinski definition) is 6. The number of carbonyl (C=O) groups is 1. The number of para-hydroxylation sites is 1. The van der Waals surface area contributed by atoms with E-state index < -0.39 is 0 Å². The van der Waals surface area contributed by atoms with Crippen LogP contribution in [0.4, 0.5) is 0 Å². The van der Waals surface area contributed by atoms with Crippen LogP contribution in [0.15, 0.2) is 42.5 Å². The molecule has 1 amide bonds. The lowest BCUT2D eigenvalue weighted by Crippen LogP contribution is -2.48. The van der Waals surface area contributed by atoms with Gasteiger partial charge in [-0.05, 0) is 30.3 Å². The summed E-state index contributed by atoms with van der Waals surface area (Å²) < 4.78 is 12.4. The van der Waals surface area contributed by atoms with E-state index in [-0.39, 0.29) is 5.91 Å². The fourth-order valence-electron chi connectivity index (χ4n) is 3.65. The van der Waals surface area contributed by atoms with E-state index in [2.05, 4.69) is 17.0 Å². The van der Waals surface area contributed by atoms with Crippen LogP contribution in [0.5, 0.6) is 11.5 Å². The van der Waals surface area contributed by atoms with Crippen LogP contribution in [0.2, 0.25) is 0 Å². The second kappa shape index (κ2) is 7.41. The highest BCUT2D eigenvalue weighted by Crippen LogP contribution is 2.31. The number of amides is 1. The topological polar surface area (TPSA) is 54.9 Å². The number of carbonyl (C=O) groups excluding carboxylic acids is 1. The first-order valence-corrected chi connectivity index (χ1v) is 10.3. The third kappa shape index (κ3) is 3.43. The van der Waals surface area contributed by atoms with Gasteiger partial charge < -0.3 is 14.4 Å². The highest BCUT2D eigenvalue weighted by atomic mass is 32.1. The van der Waals surface area contributed by atoms with E-state index in [0.29, 0.717) is 30.3 Å². The summed E-state index contributed by atoms with van der Waals surface area (Å²) in [6.45, 7) is 5.06. The molecule has 1 aromatic heterocycles. The Labute approximate surface area is 167 Å². The monoisotopic (exact) mass is 395 g/mol. The second-order valence-corrected chi connectivity index (χ2v) is 8.12. The number of ether oxygens (including phenoxy) is 2. The van der Waals surface area contributed by atoms with Crippen LogP contribution in [0.3, 0.4) is 0 Å². The lowest BCUT2D eigenvalue weighted by atomic mass is 10.1. The largest absolute Gasteiger partial charge is 0.486 e. The number of fused-ring (bicyclic) bond motifs is 2. The van der Waals surface area contributed by atoms with Crippen LogP contribution in [0, 0.1) is 0 Å². The van der Waals surface area contributed by atoms with Crippen molar-refractivity contribution in [1.82, 2.24) is 14.8 Å². The van der Waals surface area contributed by atoms with Crippen molar-refractivity contribution in [2.24, 2.45) is 0 Å². The van der Waals surface area contributed by atoms with Gasteiger partial charge in [-0.25, -0.2) is 4.98 Å². The first kappa shape index (κ1) is 17.5. The van der Waals surface area contributed by atoms with Gasteiger partial charge in [-0.15, -0.1) is 11.3 Å². The van der Waals surface area contributed by atoms with Crippen molar-refractivity contribution in [3.8, 4) is 11.5 Å². The Hall–Kier alpha value is -2.64. The zero-order valence-corrected chi connectivity index (χ0v) is 16.3. The first-order chi connectivity index (χ1) is 13.8. The molecular formula is C21H21N3O3S. The molecule has 144 valence electrons. The maximum atomic E-state index is 12.9. The zero-order chi connectivity index (χ0) is 18.9. The van der Waals surface area contributed by atoms with Crippen LogP contribution in [0.25, 0.3) is 10.2 Å². The molecule has 0 spiro atoms. The third-order valence-corrected chi connectivity index (χ3v) is 6.17. The minimum absolute atomic E-state index is 0.0524. The van der Waals surface area contributed by atoms with Gasteiger partial charge in [0.15, 0.2) is 11.5 Å². The average molecular weight is 395 g/mol. The van der Waals surface area contributed by atoms with Gasteiger partial charge in [0.05, 0.1) is 16.8 Å². The van der Waals surface area contributed by atoms with E-state index in [0.717, 1.165) is 43.2 Å². The van der Waals surface area contributed by atoms with Crippen LogP contribution >= 0.6 is 11.3 Å². The average Bonchev–Trinajstić information content (AvgIpc) is 3.16. The predicted octanol–water partition coefficient (Wildman–Crippen LogP) is 3.03. The number of nitrogens with zero attached hydrogens (tertiary/aromatic N) is 3. The molecule has 6 nitrogen and oxygen atoms in total. The number of hydrogen-bond donors (Lipinski definition) is 0. The standard InChI is InChI=1S/C21H21N3O3S/c25-21(15-5-6-17-18(13-15)27-12-11-26-17)24-9-7-23(8-10-24)14-20-22-16-3-1-2-4-19(16)28-20/h1-6,13H,7-12,14H2. The molecule has 0 atom stereocenters. The molecule has 0 radical (unpaired) electrons. The van der Waals surface area contributed by atoms with Crippen LogP contribution in [0.1, 0.15) is 15.4 Å². The summed E-state index contributed by atoms with van der Waals surface area (Å²) in [6.07, 6.45) is 0. The van der Waals surface area contributed by atoms with Gasteiger partial charge in [-0.2, -0.15) is 0 Å². The minimum Gasteiger partial charge on any atom is -0.486 e. The summed E-state index contributed by atoms with van der Waals surface area (Å²) in [5.41, 5.74) is 1.72.